The fraction of sp³-hybridized carbons (Fsp3) is 0.136. The first-order valence-corrected chi connectivity index (χ1v) is 9.44. The normalized spacial score (nSPS) is 15.9. The number of hydrogen-bond donors (Lipinski definition) is 1. The molecule has 5 rings (SSSR count). The van der Waals surface area contributed by atoms with Crippen LogP contribution < -0.4 is 10.2 Å². The summed E-state index contributed by atoms with van der Waals surface area (Å²) in [7, 11) is 0. The Bertz CT molecular complexity index is 1190. The second-order valence-corrected chi connectivity index (χ2v) is 7.27. The first-order chi connectivity index (χ1) is 13.2. The quantitative estimate of drug-likeness (QED) is 0.380. The molecule has 1 aliphatic heterocycles. The van der Waals surface area contributed by atoms with Crippen molar-refractivity contribution in [2.45, 2.75) is 19.4 Å². The van der Waals surface area contributed by atoms with E-state index in [9.17, 15) is 0 Å². The van der Waals surface area contributed by atoms with Crippen LogP contribution in [-0.2, 0) is 6.42 Å². The summed E-state index contributed by atoms with van der Waals surface area (Å²) in [5.74, 6) is 0. The molecule has 4 nitrogen and oxygen atoms in total. The van der Waals surface area contributed by atoms with Crippen molar-refractivity contribution in [1.29, 1.82) is 0 Å². The third-order valence-electron chi connectivity index (χ3n) is 5.13. The van der Waals surface area contributed by atoms with Crippen LogP contribution in [-0.4, -0.2) is 21.1 Å². The van der Waals surface area contributed by atoms with E-state index in [4.69, 9.17) is 12.2 Å². The summed E-state index contributed by atoms with van der Waals surface area (Å²) in [6.07, 6.45) is 4.61. The van der Waals surface area contributed by atoms with Crippen LogP contribution in [0.2, 0.25) is 0 Å². The predicted molar refractivity (Wildman–Crippen MR) is 115 cm³/mol. The number of thiocarbonyl (C=S) groups is 1. The number of nitrogens with zero attached hydrogens (tertiary/aromatic N) is 3. The van der Waals surface area contributed by atoms with Crippen molar-refractivity contribution < 1.29 is 0 Å². The topological polar surface area (TPSA) is 41.0 Å². The zero-order valence-corrected chi connectivity index (χ0v) is 15.7. The van der Waals surface area contributed by atoms with Crippen molar-refractivity contribution in [3.8, 4) is 0 Å². The summed E-state index contributed by atoms with van der Waals surface area (Å²) < 4.78 is 0. The van der Waals surface area contributed by atoms with E-state index in [1.165, 1.54) is 11.3 Å². The largest absolute Gasteiger partial charge is 0.332 e. The highest BCUT2D eigenvalue weighted by Gasteiger charge is 2.28. The van der Waals surface area contributed by atoms with Gasteiger partial charge in [-0.15, -0.1) is 0 Å². The van der Waals surface area contributed by atoms with E-state index in [-0.39, 0.29) is 0 Å². The standard InChI is InChI=1S/C22H18N4S/c1-14-12-15-6-2-3-9-19(15)26(14)22(27)25-18-13-16-7-4-10-23-20(16)21-17(18)8-5-11-24-21/h2-11,13-14H,12H2,1H3,(H,25,27)/t14-/m0/s1. The van der Waals surface area contributed by atoms with Gasteiger partial charge >= 0.3 is 0 Å². The molecular formula is C22H18N4S. The minimum Gasteiger partial charge on any atom is -0.332 e. The molecule has 2 aromatic carbocycles. The van der Waals surface area contributed by atoms with Crippen LogP contribution in [0.25, 0.3) is 21.8 Å². The molecule has 2 aromatic heterocycles. The van der Waals surface area contributed by atoms with Gasteiger partial charge in [0.2, 0.25) is 0 Å². The smallest absolute Gasteiger partial charge is 0.178 e. The van der Waals surface area contributed by atoms with Crippen molar-refractivity contribution in [1.82, 2.24) is 9.97 Å². The maximum atomic E-state index is 5.81. The van der Waals surface area contributed by atoms with Crippen LogP contribution >= 0.6 is 12.2 Å². The Morgan fingerprint density at radius 3 is 2.70 bits per heavy atom. The van der Waals surface area contributed by atoms with Gasteiger partial charge in [0.15, 0.2) is 5.11 Å². The number of nitrogens with one attached hydrogen (secondary N) is 1. The first kappa shape index (κ1) is 16.1. The van der Waals surface area contributed by atoms with Gasteiger partial charge in [-0.25, -0.2) is 0 Å². The Kier molecular flexibility index (Phi) is 3.76. The van der Waals surface area contributed by atoms with Crippen molar-refractivity contribution in [3.05, 3.63) is 72.6 Å². The molecule has 132 valence electrons. The van der Waals surface area contributed by atoms with Crippen molar-refractivity contribution >= 4 is 50.5 Å². The van der Waals surface area contributed by atoms with Crippen LogP contribution in [0.3, 0.4) is 0 Å². The summed E-state index contributed by atoms with van der Waals surface area (Å²) >= 11 is 5.81. The van der Waals surface area contributed by atoms with E-state index >= 15 is 0 Å². The molecule has 0 bridgehead atoms. The second kappa shape index (κ2) is 6.28. The van der Waals surface area contributed by atoms with Gasteiger partial charge in [0, 0.05) is 34.9 Å². The molecule has 0 saturated heterocycles. The lowest BCUT2D eigenvalue weighted by Gasteiger charge is -2.26. The first-order valence-electron chi connectivity index (χ1n) is 9.03. The number of fused-ring (bicyclic) bond motifs is 4. The molecule has 5 heteroatoms. The Balaban J connectivity index is 1.59. The fourth-order valence-electron chi connectivity index (χ4n) is 3.93. The number of anilines is 2. The van der Waals surface area contributed by atoms with Crippen LogP contribution in [0.1, 0.15) is 12.5 Å². The highest BCUT2D eigenvalue weighted by atomic mass is 32.1. The molecule has 0 fully saturated rings. The molecule has 0 amide bonds. The molecule has 1 atom stereocenters. The average Bonchev–Trinajstić information content (AvgIpc) is 3.04. The summed E-state index contributed by atoms with van der Waals surface area (Å²) in [6.45, 7) is 2.21. The third-order valence-corrected chi connectivity index (χ3v) is 5.43. The summed E-state index contributed by atoms with van der Waals surface area (Å²) in [4.78, 5) is 11.3. The third kappa shape index (κ3) is 2.62. The summed E-state index contributed by atoms with van der Waals surface area (Å²) in [6, 6.07) is 18.9. The van der Waals surface area contributed by atoms with E-state index in [1.54, 1.807) is 12.4 Å². The molecule has 4 aromatic rings. The van der Waals surface area contributed by atoms with E-state index in [0.717, 1.165) is 33.9 Å². The highest BCUT2D eigenvalue weighted by Crippen LogP contribution is 2.34. The average molecular weight is 370 g/mol. The molecule has 0 saturated carbocycles. The molecular weight excluding hydrogens is 352 g/mol. The van der Waals surface area contributed by atoms with E-state index in [2.05, 4.69) is 69.6 Å². The van der Waals surface area contributed by atoms with Crippen molar-refractivity contribution in [2.75, 3.05) is 10.2 Å². The Hall–Kier alpha value is -3.05. The van der Waals surface area contributed by atoms with Gasteiger partial charge in [0.1, 0.15) is 0 Å². The van der Waals surface area contributed by atoms with E-state index in [0.29, 0.717) is 11.2 Å². The van der Waals surface area contributed by atoms with Gasteiger partial charge in [0.25, 0.3) is 0 Å². The Labute approximate surface area is 162 Å². The van der Waals surface area contributed by atoms with Gasteiger partial charge in [-0.3, -0.25) is 9.97 Å². The summed E-state index contributed by atoms with van der Waals surface area (Å²) in [5, 5.41) is 6.25. The van der Waals surface area contributed by atoms with E-state index < -0.39 is 0 Å². The van der Waals surface area contributed by atoms with Crippen LogP contribution in [0.15, 0.2) is 67.0 Å². The van der Waals surface area contributed by atoms with Crippen LogP contribution in [0.4, 0.5) is 11.4 Å². The van der Waals surface area contributed by atoms with Gasteiger partial charge < -0.3 is 10.2 Å². The second-order valence-electron chi connectivity index (χ2n) is 6.88. The van der Waals surface area contributed by atoms with Crippen molar-refractivity contribution in [2.24, 2.45) is 0 Å². The fourth-order valence-corrected chi connectivity index (χ4v) is 4.32. The number of para-hydroxylation sites is 1. The number of benzene rings is 2. The zero-order chi connectivity index (χ0) is 18.4. The monoisotopic (exact) mass is 370 g/mol. The van der Waals surface area contributed by atoms with Gasteiger partial charge in [-0.05, 0) is 61.5 Å². The molecule has 27 heavy (non-hydrogen) atoms. The lowest BCUT2D eigenvalue weighted by Crippen LogP contribution is -2.38. The summed E-state index contributed by atoms with van der Waals surface area (Å²) in [5.41, 5.74) is 5.27. The SMILES string of the molecule is C[C@H]1Cc2ccccc2N1C(=S)Nc1cc2cccnc2c2ncccc12. The molecule has 0 spiro atoms. The van der Waals surface area contributed by atoms with E-state index in [1.807, 2.05) is 12.1 Å². The predicted octanol–water partition coefficient (Wildman–Crippen LogP) is 4.93. The van der Waals surface area contributed by atoms with Gasteiger partial charge in [-0.1, -0.05) is 24.3 Å². The maximum Gasteiger partial charge on any atom is 0.178 e. The zero-order valence-electron chi connectivity index (χ0n) is 14.9. The number of aromatic nitrogens is 2. The van der Waals surface area contributed by atoms with Crippen molar-refractivity contribution in [3.63, 3.8) is 0 Å². The van der Waals surface area contributed by atoms with Crippen LogP contribution in [0, 0.1) is 0 Å². The molecule has 1 N–H and O–H groups in total. The highest BCUT2D eigenvalue weighted by molar-refractivity contribution is 7.80. The lowest BCUT2D eigenvalue weighted by molar-refractivity contribution is 0.776. The number of pyridine rings is 2. The van der Waals surface area contributed by atoms with Gasteiger partial charge in [-0.2, -0.15) is 0 Å². The number of rotatable bonds is 1. The molecule has 0 radical (unpaired) electrons. The molecule has 1 aliphatic rings. The van der Waals surface area contributed by atoms with Gasteiger partial charge in [0.05, 0.1) is 16.7 Å². The Morgan fingerprint density at radius 1 is 1.04 bits per heavy atom. The minimum absolute atomic E-state index is 0.328. The van der Waals surface area contributed by atoms with Crippen LogP contribution in [0.5, 0.6) is 0 Å². The lowest BCUT2D eigenvalue weighted by atomic mass is 10.1. The molecule has 3 heterocycles. The maximum absolute atomic E-state index is 5.81. The molecule has 0 unspecified atom stereocenters. The minimum atomic E-state index is 0.328. The Morgan fingerprint density at radius 2 is 1.81 bits per heavy atom. The number of hydrogen-bond acceptors (Lipinski definition) is 3. The molecule has 0 aliphatic carbocycles.